The van der Waals surface area contributed by atoms with Gasteiger partial charge < -0.3 is 5.32 Å². The molecule has 24 heavy (non-hydrogen) atoms. The lowest BCUT2D eigenvalue weighted by atomic mass is 9.71. The van der Waals surface area contributed by atoms with Crippen LogP contribution in [0.4, 0.5) is 10.1 Å². The van der Waals surface area contributed by atoms with Crippen LogP contribution in [0.25, 0.3) is 0 Å². The highest BCUT2D eigenvalue weighted by Crippen LogP contribution is 2.45. The number of nitrogens with one attached hydrogen (secondary N) is 1. The molecule has 0 aromatic heterocycles. The minimum absolute atomic E-state index is 0.0702. The first kappa shape index (κ1) is 14.6. The molecule has 0 fully saturated rings. The van der Waals surface area contributed by atoms with Gasteiger partial charge in [-0.2, -0.15) is 0 Å². The van der Waals surface area contributed by atoms with Crippen molar-refractivity contribution in [3.05, 3.63) is 101 Å². The number of benzene rings is 3. The average molecular weight is 317 g/mol. The number of anilines is 1. The molecule has 0 bridgehead atoms. The lowest BCUT2D eigenvalue weighted by Crippen LogP contribution is -2.38. The Bertz CT molecular complexity index is 889. The molecule has 1 aliphatic rings. The van der Waals surface area contributed by atoms with E-state index in [0.717, 1.165) is 22.4 Å². The fourth-order valence-electron chi connectivity index (χ4n) is 3.52. The van der Waals surface area contributed by atoms with Gasteiger partial charge in [-0.1, -0.05) is 60.7 Å². The van der Waals surface area contributed by atoms with Gasteiger partial charge in [0.15, 0.2) is 0 Å². The number of hydrogen-bond acceptors (Lipinski definition) is 1. The minimum Gasteiger partial charge on any atom is -0.325 e. The quantitative estimate of drug-likeness (QED) is 0.766. The van der Waals surface area contributed by atoms with Gasteiger partial charge in [0.05, 0.1) is 0 Å². The predicted molar refractivity (Wildman–Crippen MR) is 92.4 cm³/mol. The Morgan fingerprint density at radius 2 is 1.50 bits per heavy atom. The highest BCUT2D eigenvalue weighted by molar-refractivity contribution is 6.08. The van der Waals surface area contributed by atoms with Crippen LogP contribution in [-0.4, -0.2) is 5.91 Å². The van der Waals surface area contributed by atoms with Crippen LogP contribution in [0.5, 0.6) is 0 Å². The van der Waals surface area contributed by atoms with E-state index < -0.39 is 5.41 Å². The SMILES string of the molecule is O=C1Nc2ccccc2C1(Cc1ccccc1)c1ccc(F)cc1. The Morgan fingerprint density at radius 3 is 2.25 bits per heavy atom. The topological polar surface area (TPSA) is 29.1 Å². The van der Waals surface area contributed by atoms with Crippen molar-refractivity contribution in [2.45, 2.75) is 11.8 Å². The van der Waals surface area contributed by atoms with Crippen molar-refractivity contribution in [3.63, 3.8) is 0 Å². The zero-order valence-corrected chi connectivity index (χ0v) is 13.0. The summed E-state index contributed by atoms with van der Waals surface area (Å²) in [6, 6.07) is 23.9. The monoisotopic (exact) mass is 317 g/mol. The Balaban J connectivity index is 1.93. The third-order valence-corrected chi connectivity index (χ3v) is 4.67. The van der Waals surface area contributed by atoms with Crippen molar-refractivity contribution in [1.29, 1.82) is 0 Å². The molecular formula is C21H16FNO. The van der Waals surface area contributed by atoms with Crippen molar-refractivity contribution >= 4 is 11.6 Å². The van der Waals surface area contributed by atoms with Crippen LogP contribution < -0.4 is 5.32 Å². The van der Waals surface area contributed by atoms with Gasteiger partial charge in [-0.3, -0.25) is 4.79 Å². The predicted octanol–water partition coefficient (Wildman–Crippen LogP) is 4.31. The number of amides is 1. The highest BCUT2D eigenvalue weighted by atomic mass is 19.1. The Labute approximate surface area is 140 Å². The molecule has 1 heterocycles. The van der Waals surface area contributed by atoms with E-state index in [9.17, 15) is 9.18 Å². The molecule has 0 aliphatic carbocycles. The van der Waals surface area contributed by atoms with Crippen molar-refractivity contribution in [2.24, 2.45) is 0 Å². The molecule has 1 atom stereocenters. The summed E-state index contributed by atoms with van der Waals surface area (Å²) in [4.78, 5) is 13.0. The van der Waals surface area contributed by atoms with Crippen molar-refractivity contribution < 1.29 is 9.18 Å². The van der Waals surface area contributed by atoms with Crippen molar-refractivity contribution in [3.8, 4) is 0 Å². The number of carbonyl (C=O) groups is 1. The fourth-order valence-corrected chi connectivity index (χ4v) is 3.52. The summed E-state index contributed by atoms with van der Waals surface area (Å²) in [5.74, 6) is -0.375. The van der Waals surface area contributed by atoms with E-state index in [2.05, 4.69) is 5.32 Å². The molecule has 0 radical (unpaired) electrons. The summed E-state index contributed by atoms with van der Waals surface area (Å²) >= 11 is 0. The highest BCUT2D eigenvalue weighted by Gasteiger charge is 2.48. The second kappa shape index (κ2) is 5.60. The number of rotatable bonds is 3. The van der Waals surface area contributed by atoms with E-state index in [-0.39, 0.29) is 11.7 Å². The molecule has 118 valence electrons. The van der Waals surface area contributed by atoms with E-state index in [0.29, 0.717) is 6.42 Å². The molecular weight excluding hydrogens is 301 g/mol. The number of carbonyl (C=O) groups excluding carboxylic acids is 1. The molecule has 1 unspecified atom stereocenters. The maximum absolute atomic E-state index is 13.4. The molecule has 0 spiro atoms. The third kappa shape index (κ3) is 2.21. The normalized spacial score (nSPS) is 19.0. The molecule has 0 saturated carbocycles. The van der Waals surface area contributed by atoms with Crippen LogP contribution >= 0.6 is 0 Å². The van der Waals surface area contributed by atoms with Gasteiger partial charge in [-0.25, -0.2) is 4.39 Å². The van der Waals surface area contributed by atoms with E-state index >= 15 is 0 Å². The summed E-state index contributed by atoms with van der Waals surface area (Å²) in [6.07, 6.45) is 0.530. The van der Waals surface area contributed by atoms with Gasteiger partial charge in [0.2, 0.25) is 5.91 Å². The molecule has 3 aromatic carbocycles. The van der Waals surface area contributed by atoms with Gasteiger partial charge >= 0.3 is 0 Å². The number of hydrogen-bond donors (Lipinski definition) is 1. The summed E-state index contributed by atoms with van der Waals surface area (Å²) in [6.45, 7) is 0. The van der Waals surface area contributed by atoms with E-state index in [1.165, 1.54) is 12.1 Å². The number of para-hydroxylation sites is 1. The first-order chi connectivity index (χ1) is 11.7. The fraction of sp³-hybridized carbons (Fsp3) is 0.0952. The first-order valence-electron chi connectivity index (χ1n) is 7.91. The average Bonchev–Trinajstić information content (AvgIpc) is 2.89. The summed E-state index contributed by atoms with van der Waals surface area (Å²) in [5.41, 5.74) is 2.78. The Hall–Kier alpha value is -2.94. The van der Waals surface area contributed by atoms with Crippen LogP contribution in [0.3, 0.4) is 0 Å². The lowest BCUT2D eigenvalue weighted by molar-refractivity contribution is -0.119. The standard InChI is InChI=1S/C21H16FNO/c22-17-12-10-16(11-13-17)21(14-15-6-2-1-3-7-15)18-8-4-5-9-19(18)23-20(21)24/h1-13H,14H2,(H,23,24). The van der Waals surface area contributed by atoms with Gasteiger partial charge in [0, 0.05) is 5.69 Å². The largest absolute Gasteiger partial charge is 0.325 e. The van der Waals surface area contributed by atoms with Gasteiger partial charge in [0.25, 0.3) is 0 Å². The number of halogens is 1. The molecule has 3 aromatic rings. The van der Waals surface area contributed by atoms with Gasteiger partial charge in [-0.15, -0.1) is 0 Å². The van der Waals surface area contributed by atoms with E-state index in [4.69, 9.17) is 0 Å². The smallest absolute Gasteiger partial charge is 0.239 e. The third-order valence-electron chi connectivity index (χ3n) is 4.67. The molecule has 4 rings (SSSR count). The number of fused-ring (bicyclic) bond motifs is 1. The molecule has 2 nitrogen and oxygen atoms in total. The van der Waals surface area contributed by atoms with Crippen LogP contribution in [0.15, 0.2) is 78.9 Å². The second-order valence-electron chi connectivity index (χ2n) is 6.07. The maximum Gasteiger partial charge on any atom is 0.239 e. The van der Waals surface area contributed by atoms with Gasteiger partial charge in [0.1, 0.15) is 11.2 Å². The molecule has 1 aliphatic heterocycles. The zero-order chi connectivity index (χ0) is 16.6. The van der Waals surface area contributed by atoms with Crippen LogP contribution in [0.1, 0.15) is 16.7 Å². The zero-order valence-electron chi connectivity index (χ0n) is 13.0. The minimum atomic E-state index is -0.842. The first-order valence-corrected chi connectivity index (χ1v) is 7.91. The van der Waals surface area contributed by atoms with Crippen molar-refractivity contribution in [1.82, 2.24) is 0 Å². The molecule has 1 amide bonds. The summed E-state index contributed by atoms with van der Waals surface area (Å²) in [5, 5.41) is 2.99. The lowest BCUT2D eigenvalue weighted by Gasteiger charge is -2.28. The molecule has 0 saturated heterocycles. The molecule has 3 heteroatoms. The molecule has 1 N–H and O–H groups in total. The summed E-state index contributed by atoms with van der Waals surface area (Å²) < 4.78 is 13.4. The Morgan fingerprint density at radius 1 is 0.833 bits per heavy atom. The second-order valence-corrected chi connectivity index (χ2v) is 6.07. The van der Waals surface area contributed by atoms with E-state index in [1.807, 2.05) is 54.6 Å². The maximum atomic E-state index is 13.4. The van der Waals surface area contributed by atoms with Crippen LogP contribution in [0.2, 0.25) is 0 Å². The van der Waals surface area contributed by atoms with Crippen molar-refractivity contribution in [2.75, 3.05) is 5.32 Å². The van der Waals surface area contributed by atoms with E-state index in [1.54, 1.807) is 12.1 Å². The Kier molecular flexibility index (Phi) is 3.42. The van der Waals surface area contributed by atoms with Crippen LogP contribution in [0, 0.1) is 5.82 Å². The van der Waals surface area contributed by atoms with Crippen LogP contribution in [-0.2, 0) is 16.6 Å². The van der Waals surface area contributed by atoms with Gasteiger partial charge in [-0.05, 0) is 41.3 Å². The summed E-state index contributed by atoms with van der Waals surface area (Å²) in [7, 11) is 0.